The molecule has 1 aliphatic heterocycles. The van der Waals surface area contributed by atoms with Crippen LogP contribution < -0.4 is 5.43 Å². The van der Waals surface area contributed by atoms with Gasteiger partial charge in [0.2, 0.25) is 5.76 Å². The normalized spacial score (nSPS) is 16.7. The van der Waals surface area contributed by atoms with Crippen molar-refractivity contribution in [3.05, 3.63) is 81.2 Å². The second-order valence-corrected chi connectivity index (χ2v) is 6.07. The van der Waals surface area contributed by atoms with Crippen LogP contribution in [0, 0.1) is 6.92 Å². The zero-order chi connectivity index (χ0) is 16.8. The molecule has 4 nitrogen and oxygen atoms in total. The molecule has 0 bridgehead atoms. The molecule has 1 amide bonds. The molecule has 1 atom stereocenters. The van der Waals surface area contributed by atoms with Gasteiger partial charge in [-0.05, 0) is 31.5 Å². The van der Waals surface area contributed by atoms with E-state index < -0.39 is 0 Å². The summed E-state index contributed by atoms with van der Waals surface area (Å²) in [6.45, 7) is 4.43. The molecule has 1 aliphatic rings. The maximum Gasteiger partial charge on any atom is 0.290 e. The van der Waals surface area contributed by atoms with E-state index in [-0.39, 0.29) is 23.1 Å². The third-order valence-electron chi connectivity index (χ3n) is 4.61. The van der Waals surface area contributed by atoms with E-state index in [0.717, 1.165) is 11.1 Å². The Morgan fingerprint density at radius 2 is 1.75 bits per heavy atom. The fourth-order valence-corrected chi connectivity index (χ4v) is 3.39. The summed E-state index contributed by atoms with van der Waals surface area (Å²) in [5.41, 5.74) is 2.84. The lowest BCUT2D eigenvalue weighted by atomic mass is 9.98. The van der Waals surface area contributed by atoms with E-state index in [1.165, 1.54) is 0 Å². The molecule has 0 aliphatic carbocycles. The molecule has 120 valence electrons. The fraction of sp³-hybridized carbons (Fsp3) is 0.200. The van der Waals surface area contributed by atoms with Gasteiger partial charge in [0.05, 0.1) is 17.0 Å². The first-order chi connectivity index (χ1) is 11.6. The maximum atomic E-state index is 13.0. The molecule has 0 radical (unpaired) electrons. The average molecular weight is 319 g/mol. The lowest BCUT2D eigenvalue weighted by molar-refractivity contribution is 0.0738. The number of fused-ring (bicyclic) bond motifs is 2. The summed E-state index contributed by atoms with van der Waals surface area (Å²) in [4.78, 5) is 27.5. The van der Waals surface area contributed by atoms with Crippen molar-refractivity contribution in [2.45, 2.75) is 19.9 Å². The zero-order valence-electron chi connectivity index (χ0n) is 13.6. The Hall–Kier alpha value is -2.88. The van der Waals surface area contributed by atoms with Crippen molar-refractivity contribution >= 4 is 16.9 Å². The number of carbonyl (C=O) groups excluding carboxylic acids is 1. The third kappa shape index (κ3) is 1.99. The van der Waals surface area contributed by atoms with Gasteiger partial charge in [-0.3, -0.25) is 9.59 Å². The molecule has 3 aromatic rings. The van der Waals surface area contributed by atoms with Crippen LogP contribution >= 0.6 is 0 Å². The number of carbonyl (C=O) groups is 1. The highest BCUT2D eigenvalue weighted by Gasteiger charge is 2.41. The molecular weight excluding hydrogens is 302 g/mol. The van der Waals surface area contributed by atoms with E-state index in [1.54, 1.807) is 29.2 Å². The number of para-hydroxylation sites is 1. The predicted octanol–water partition coefficient (Wildman–Crippen LogP) is 3.67. The molecule has 0 fully saturated rings. The largest absolute Gasteiger partial charge is 0.450 e. The van der Waals surface area contributed by atoms with Crippen molar-refractivity contribution in [2.24, 2.45) is 0 Å². The number of hydrogen-bond donors (Lipinski definition) is 0. The first kappa shape index (κ1) is 14.7. The molecule has 0 unspecified atom stereocenters. The highest BCUT2D eigenvalue weighted by atomic mass is 16.3. The number of amides is 1. The van der Waals surface area contributed by atoms with Crippen LogP contribution in [0.4, 0.5) is 0 Å². The van der Waals surface area contributed by atoms with Crippen LogP contribution in [-0.2, 0) is 0 Å². The van der Waals surface area contributed by atoms with Gasteiger partial charge in [0, 0.05) is 6.54 Å². The van der Waals surface area contributed by atoms with Gasteiger partial charge in [-0.1, -0.05) is 42.0 Å². The van der Waals surface area contributed by atoms with Gasteiger partial charge in [-0.2, -0.15) is 0 Å². The Balaban J connectivity index is 2.03. The van der Waals surface area contributed by atoms with Crippen LogP contribution in [0.5, 0.6) is 0 Å². The van der Waals surface area contributed by atoms with Gasteiger partial charge in [0.15, 0.2) is 5.43 Å². The number of aryl methyl sites for hydroxylation is 1. The lowest BCUT2D eigenvalue weighted by Crippen LogP contribution is -2.29. The Morgan fingerprint density at radius 3 is 2.46 bits per heavy atom. The topological polar surface area (TPSA) is 50.5 Å². The van der Waals surface area contributed by atoms with E-state index in [0.29, 0.717) is 23.1 Å². The van der Waals surface area contributed by atoms with Crippen molar-refractivity contribution in [3.63, 3.8) is 0 Å². The van der Waals surface area contributed by atoms with Gasteiger partial charge in [-0.15, -0.1) is 0 Å². The summed E-state index contributed by atoms with van der Waals surface area (Å²) in [6, 6.07) is 14.6. The quantitative estimate of drug-likeness (QED) is 0.724. The standard InChI is InChI=1S/C20H17NO3/c1-3-21-17(13-10-8-12(2)9-11-13)16-18(22)14-6-4-5-7-15(14)24-19(16)20(21)23/h4-11,17H,3H2,1-2H3/t17-/m1/s1. The molecule has 0 N–H and O–H groups in total. The summed E-state index contributed by atoms with van der Waals surface area (Å²) >= 11 is 0. The van der Waals surface area contributed by atoms with E-state index in [1.807, 2.05) is 38.1 Å². The minimum Gasteiger partial charge on any atom is -0.450 e. The molecule has 24 heavy (non-hydrogen) atoms. The van der Waals surface area contributed by atoms with Gasteiger partial charge in [0.1, 0.15) is 5.58 Å². The first-order valence-corrected chi connectivity index (χ1v) is 8.05. The summed E-state index contributed by atoms with van der Waals surface area (Å²) in [6.07, 6.45) is 0. The summed E-state index contributed by atoms with van der Waals surface area (Å²) in [5.74, 6) is -0.0490. The van der Waals surface area contributed by atoms with Crippen LogP contribution in [0.2, 0.25) is 0 Å². The fourth-order valence-electron chi connectivity index (χ4n) is 3.39. The second-order valence-electron chi connectivity index (χ2n) is 6.07. The first-order valence-electron chi connectivity index (χ1n) is 8.05. The molecule has 2 aromatic carbocycles. The van der Waals surface area contributed by atoms with Crippen LogP contribution in [-0.4, -0.2) is 17.4 Å². The Labute approximate surface area is 139 Å². The van der Waals surface area contributed by atoms with Crippen LogP contribution in [0.25, 0.3) is 11.0 Å². The number of nitrogens with zero attached hydrogens (tertiary/aromatic N) is 1. The lowest BCUT2D eigenvalue weighted by Gasteiger charge is -2.23. The zero-order valence-corrected chi connectivity index (χ0v) is 13.6. The average Bonchev–Trinajstić information content (AvgIpc) is 2.88. The van der Waals surface area contributed by atoms with E-state index in [2.05, 4.69) is 0 Å². The molecule has 4 heteroatoms. The molecule has 4 rings (SSSR count). The third-order valence-corrected chi connectivity index (χ3v) is 4.61. The van der Waals surface area contributed by atoms with Crippen molar-refractivity contribution in [2.75, 3.05) is 6.54 Å². The second kappa shape index (κ2) is 5.34. The van der Waals surface area contributed by atoms with Crippen molar-refractivity contribution < 1.29 is 9.21 Å². The molecular formula is C20H17NO3. The molecule has 0 saturated carbocycles. The molecule has 0 spiro atoms. The van der Waals surface area contributed by atoms with E-state index in [9.17, 15) is 9.59 Å². The highest BCUT2D eigenvalue weighted by molar-refractivity contribution is 5.99. The number of rotatable bonds is 2. The minimum absolute atomic E-state index is 0.123. The van der Waals surface area contributed by atoms with Gasteiger partial charge in [0.25, 0.3) is 5.91 Å². The van der Waals surface area contributed by atoms with Crippen LogP contribution in [0.3, 0.4) is 0 Å². The van der Waals surface area contributed by atoms with Gasteiger partial charge in [-0.25, -0.2) is 0 Å². The maximum absolute atomic E-state index is 13.0. The van der Waals surface area contributed by atoms with Crippen LogP contribution in [0.15, 0.2) is 57.7 Å². The Morgan fingerprint density at radius 1 is 1.04 bits per heavy atom. The monoisotopic (exact) mass is 319 g/mol. The predicted molar refractivity (Wildman–Crippen MR) is 92.2 cm³/mol. The summed E-state index contributed by atoms with van der Waals surface area (Å²) < 4.78 is 5.81. The smallest absolute Gasteiger partial charge is 0.290 e. The van der Waals surface area contributed by atoms with Crippen LogP contribution in [0.1, 0.15) is 40.2 Å². The summed E-state index contributed by atoms with van der Waals surface area (Å²) in [5, 5.41) is 0.513. The molecule has 1 aromatic heterocycles. The minimum atomic E-state index is -0.390. The highest BCUT2D eigenvalue weighted by Crippen LogP contribution is 2.37. The SMILES string of the molecule is CCN1C(=O)c2oc3ccccc3c(=O)c2[C@H]1c1ccc(C)cc1. The Kier molecular flexibility index (Phi) is 3.27. The molecule has 2 heterocycles. The Bertz CT molecular complexity index is 1000. The number of benzene rings is 2. The van der Waals surface area contributed by atoms with E-state index in [4.69, 9.17) is 4.42 Å². The number of hydrogen-bond acceptors (Lipinski definition) is 3. The van der Waals surface area contributed by atoms with Crippen molar-refractivity contribution in [3.8, 4) is 0 Å². The van der Waals surface area contributed by atoms with Gasteiger partial charge >= 0.3 is 0 Å². The van der Waals surface area contributed by atoms with E-state index >= 15 is 0 Å². The summed E-state index contributed by atoms with van der Waals surface area (Å²) in [7, 11) is 0. The van der Waals surface area contributed by atoms with Gasteiger partial charge < -0.3 is 9.32 Å². The molecule has 0 saturated heterocycles. The van der Waals surface area contributed by atoms with Crippen molar-refractivity contribution in [1.29, 1.82) is 0 Å². The van der Waals surface area contributed by atoms with Crippen molar-refractivity contribution in [1.82, 2.24) is 4.90 Å².